The van der Waals surface area contributed by atoms with Crippen LogP contribution in [0.3, 0.4) is 0 Å². The lowest BCUT2D eigenvalue weighted by Crippen LogP contribution is -1.89. The van der Waals surface area contributed by atoms with E-state index in [1.165, 1.54) is 23.5 Å². The van der Waals surface area contributed by atoms with Crippen LogP contribution in [-0.2, 0) is 0 Å². The number of nitrogens with zero attached hydrogens (tertiary/aromatic N) is 1. The van der Waals surface area contributed by atoms with Gasteiger partial charge in [0.15, 0.2) is 5.13 Å². The summed E-state index contributed by atoms with van der Waals surface area (Å²) in [7, 11) is 0. The van der Waals surface area contributed by atoms with Crippen molar-refractivity contribution in [2.75, 3.05) is 5.32 Å². The highest BCUT2D eigenvalue weighted by Crippen LogP contribution is 2.30. The van der Waals surface area contributed by atoms with Gasteiger partial charge in [0.25, 0.3) is 0 Å². The molecule has 3 aromatic rings. The van der Waals surface area contributed by atoms with Gasteiger partial charge < -0.3 is 5.32 Å². The molecule has 0 aliphatic heterocycles. The van der Waals surface area contributed by atoms with Gasteiger partial charge in [0.1, 0.15) is 5.82 Å². The van der Waals surface area contributed by atoms with Crippen molar-refractivity contribution >= 4 is 44.0 Å². The molecule has 0 saturated heterocycles. The summed E-state index contributed by atoms with van der Waals surface area (Å²) in [6, 6.07) is 11.8. The van der Waals surface area contributed by atoms with E-state index in [-0.39, 0.29) is 5.82 Å². The number of fused-ring (bicyclic) bond motifs is 1. The molecular weight excluding hydrogens is 271 g/mol. The molecule has 0 bridgehead atoms. The van der Waals surface area contributed by atoms with E-state index >= 15 is 0 Å². The number of benzene rings is 2. The van der Waals surface area contributed by atoms with Crippen molar-refractivity contribution in [1.82, 2.24) is 4.98 Å². The molecular formula is C13H8ClFN2S. The van der Waals surface area contributed by atoms with Crippen LogP contribution in [-0.4, -0.2) is 4.98 Å². The topological polar surface area (TPSA) is 24.9 Å². The Morgan fingerprint density at radius 2 is 2.06 bits per heavy atom. The van der Waals surface area contributed by atoms with Gasteiger partial charge in [-0.15, -0.1) is 0 Å². The molecule has 0 aliphatic rings. The third kappa shape index (κ3) is 2.30. The lowest BCUT2D eigenvalue weighted by atomic mass is 10.3. The van der Waals surface area contributed by atoms with Crippen LogP contribution in [0.15, 0.2) is 42.5 Å². The average molecular weight is 279 g/mol. The van der Waals surface area contributed by atoms with Crippen LogP contribution < -0.4 is 5.32 Å². The number of halogens is 2. The smallest absolute Gasteiger partial charge is 0.188 e. The van der Waals surface area contributed by atoms with E-state index < -0.39 is 0 Å². The minimum atomic E-state index is -0.274. The number of anilines is 2. The first-order chi connectivity index (χ1) is 8.70. The number of hydrogen-bond donors (Lipinski definition) is 1. The molecule has 0 fully saturated rings. The first kappa shape index (κ1) is 11.4. The van der Waals surface area contributed by atoms with Gasteiger partial charge in [0.2, 0.25) is 0 Å². The van der Waals surface area contributed by atoms with Gasteiger partial charge in [0, 0.05) is 10.7 Å². The van der Waals surface area contributed by atoms with Gasteiger partial charge in [0.05, 0.1) is 10.2 Å². The third-order valence-corrected chi connectivity index (χ3v) is 3.60. The zero-order valence-corrected chi connectivity index (χ0v) is 10.7. The van der Waals surface area contributed by atoms with Crippen LogP contribution in [0.5, 0.6) is 0 Å². The van der Waals surface area contributed by atoms with Crippen LogP contribution in [0, 0.1) is 5.82 Å². The lowest BCUT2D eigenvalue weighted by molar-refractivity contribution is 0.628. The standard InChI is InChI=1S/C13H8ClFN2S/c14-8-4-5-11-12(6-8)18-13(17-11)16-10-3-1-2-9(15)7-10/h1-7H,(H,16,17). The maximum atomic E-state index is 13.1. The van der Waals surface area contributed by atoms with Crippen molar-refractivity contribution in [3.63, 3.8) is 0 Å². The number of nitrogens with one attached hydrogen (secondary N) is 1. The summed E-state index contributed by atoms with van der Waals surface area (Å²) in [4.78, 5) is 4.41. The lowest BCUT2D eigenvalue weighted by Gasteiger charge is -2.01. The van der Waals surface area contributed by atoms with Crippen LogP contribution in [0.2, 0.25) is 5.02 Å². The van der Waals surface area contributed by atoms with Crippen molar-refractivity contribution < 1.29 is 4.39 Å². The van der Waals surface area contributed by atoms with Crippen LogP contribution in [0.1, 0.15) is 0 Å². The van der Waals surface area contributed by atoms with E-state index in [0.717, 1.165) is 15.3 Å². The summed E-state index contributed by atoms with van der Waals surface area (Å²) < 4.78 is 14.1. The van der Waals surface area contributed by atoms with Crippen molar-refractivity contribution in [2.24, 2.45) is 0 Å². The molecule has 0 atom stereocenters. The molecule has 2 aromatic carbocycles. The Morgan fingerprint density at radius 1 is 1.17 bits per heavy atom. The van der Waals surface area contributed by atoms with Crippen molar-refractivity contribution in [2.45, 2.75) is 0 Å². The minimum absolute atomic E-state index is 0.274. The fourth-order valence-electron chi connectivity index (χ4n) is 1.64. The fourth-order valence-corrected chi connectivity index (χ4v) is 2.80. The molecule has 0 spiro atoms. The molecule has 0 unspecified atom stereocenters. The Morgan fingerprint density at radius 3 is 2.89 bits per heavy atom. The second-order valence-electron chi connectivity index (χ2n) is 3.77. The third-order valence-electron chi connectivity index (χ3n) is 2.43. The Labute approximate surface area is 112 Å². The summed E-state index contributed by atoms with van der Waals surface area (Å²) >= 11 is 7.40. The zero-order chi connectivity index (χ0) is 12.5. The van der Waals surface area contributed by atoms with E-state index in [2.05, 4.69) is 10.3 Å². The SMILES string of the molecule is Fc1cccc(Nc2nc3ccc(Cl)cc3s2)c1. The Balaban J connectivity index is 1.95. The molecule has 0 amide bonds. The number of rotatable bonds is 2. The molecule has 0 radical (unpaired) electrons. The zero-order valence-electron chi connectivity index (χ0n) is 9.15. The summed E-state index contributed by atoms with van der Waals surface area (Å²) in [5.41, 5.74) is 1.56. The van der Waals surface area contributed by atoms with Gasteiger partial charge in [-0.25, -0.2) is 9.37 Å². The molecule has 1 N–H and O–H groups in total. The number of hydrogen-bond acceptors (Lipinski definition) is 3. The quantitative estimate of drug-likeness (QED) is 0.726. The number of aromatic nitrogens is 1. The van der Waals surface area contributed by atoms with Gasteiger partial charge in [-0.05, 0) is 36.4 Å². The first-order valence-corrected chi connectivity index (χ1v) is 6.49. The van der Waals surface area contributed by atoms with E-state index in [1.807, 2.05) is 12.1 Å². The van der Waals surface area contributed by atoms with Crippen LogP contribution >= 0.6 is 22.9 Å². The molecule has 3 rings (SSSR count). The van der Waals surface area contributed by atoms with E-state index in [9.17, 15) is 4.39 Å². The second kappa shape index (κ2) is 4.55. The summed E-state index contributed by atoms with van der Waals surface area (Å²) in [6.07, 6.45) is 0. The average Bonchev–Trinajstić information content (AvgIpc) is 2.70. The van der Waals surface area contributed by atoms with Crippen LogP contribution in [0.25, 0.3) is 10.2 Å². The van der Waals surface area contributed by atoms with Gasteiger partial charge in [-0.3, -0.25) is 0 Å². The molecule has 90 valence electrons. The Kier molecular flexibility index (Phi) is 2.89. The normalized spacial score (nSPS) is 10.8. The molecule has 1 aromatic heterocycles. The Bertz CT molecular complexity index is 711. The maximum Gasteiger partial charge on any atom is 0.188 e. The van der Waals surface area contributed by atoms with E-state index in [4.69, 9.17) is 11.6 Å². The molecule has 18 heavy (non-hydrogen) atoms. The molecule has 2 nitrogen and oxygen atoms in total. The predicted octanol–water partition coefficient (Wildman–Crippen LogP) is 4.83. The van der Waals surface area contributed by atoms with Crippen molar-refractivity contribution in [1.29, 1.82) is 0 Å². The predicted molar refractivity (Wildman–Crippen MR) is 74.3 cm³/mol. The second-order valence-corrected chi connectivity index (χ2v) is 5.23. The van der Waals surface area contributed by atoms with Crippen molar-refractivity contribution in [3.05, 3.63) is 53.3 Å². The summed E-state index contributed by atoms with van der Waals surface area (Å²) in [5.74, 6) is -0.274. The highest BCUT2D eigenvalue weighted by molar-refractivity contribution is 7.22. The number of thiazole rings is 1. The fraction of sp³-hybridized carbons (Fsp3) is 0. The monoisotopic (exact) mass is 278 g/mol. The van der Waals surface area contributed by atoms with Crippen molar-refractivity contribution in [3.8, 4) is 0 Å². The summed E-state index contributed by atoms with van der Waals surface area (Å²) in [6.45, 7) is 0. The molecule has 0 aliphatic carbocycles. The largest absolute Gasteiger partial charge is 0.331 e. The molecule has 5 heteroatoms. The Hall–Kier alpha value is -1.65. The first-order valence-electron chi connectivity index (χ1n) is 5.29. The summed E-state index contributed by atoms with van der Waals surface area (Å²) in [5, 5.41) is 4.48. The maximum absolute atomic E-state index is 13.1. The molecule has 1 heterocycles. The van der Waals surface area contributed by atoms with Gasteiger partial charge in [-0.2, -0.15) is 0 Å². The minimum Gasteiger partial charge on any atom is -0.331 e. The highest BCUT2D eigenvalue weighted by atomic mass is 35.5. The molecule has 0 saturated carbocycles. The van der Waals surface area contributed by atoms with Gasteiger partial charge >= 0.3 is 0 Å². The van der Waals surface area contributed by atoms with E-state index in [0.29, 0.717) is 10.7 Å². The highest BCUT2D eigenvalue weighted by Gasteiger charge is 2.04. The van der Waals surface area contributed by atoms with Crippen LogP contribution in [0.4, 0.5) is 15.2 Å². The van der Waals surface area contributed by atoms with E-state index in [1.54, 1.807) is 18.2 Å². The van der Waals surface area contributed by atoms with Gasteiger partial charge in [-0.1, -0.05) is 29.0 Å².